The Bertz CT molecular complexity index is 649. The largest absolute Gasteiger partial charge is 0.495 e. The Hall–Kier alpha value is -2.29. The number of rotatable bonds is 2. The molecular formula is C16H16N2O. The Kier molecular flexibility index (Phi) is 2.75. The van der Waals surface area contributed by atoms with Gasteiger partial charge >= 0.3 is 0 Å². The first kappa shape index (κ1) is 11.8. The number of amidine groups is 1. The second-order valence-electron chi connectivity index (χ2n) is 4.77. The number of nitrogens with zero attached hydrogens (tertiary/aromatic N) is 1. The van der Waals surface area contributed by atoms with Crippen molar-refractivity contribution in [2.75, 3.05) is 12.0 Å². The summed E-state index contributed by atoms with van der Waals surface area (Å²) in [5.41, 5.74) is 4.32. The molecule has 0 saturated heterocycles. The Morgan fingerprint density at radius 1 is 1.16 bits per heavy atom. The number of benzene rings is 2. The average molecular weight is 252 g/mol. The fourth-order valence-corrected chi connectivity index (χ4v) is 2.50. The van der Waals surface area contributed by atoms with Crippen LogP contribution in [0.15, 0.2) is 42.5 Å². The van der Waals surface area contributed by atoms with Gasteiger partial charge in [0, 0.05) is 5.56 Å². The molecule has 0 fully saturated rings. The minimum Gasteiger partial charge on any atom is -0.495 e. The van der Waals surface area contributed by atoms with Crippen molar-refractivity contribution < 1.29 is 4.74 Å². The molecule has 1 aliphatic heterocycles. The number of hydrogen-bond donors (Lipinski definition) is 1. The van der Waals surface area contributed by atoms with Crippen LogP contribution in [-0.4, -0.2) is 12.9 Å². The molecule has 0 unspecified atom stereocenters. The normalized spacial score (nSPS) is 13.6. The quantitative estimate of drug-likeness (QED) is 0.889. The molecule has 3 nitrogen and oxygen atoms in total. The molecule has 1 heterocycles. The predicted octanol–water partition coefficient (Wildman–Crippen LogP) is 3.35. The molecule has 2 aromatic carbocycles. The van der Waals surface area contributed by atoms with Crippen LogP contribution in [0, 0.1) is 12.3 Å². The van der Waals surface area contributed by atoms with E-state index in [-0.39, 0.29) is 0 Å². The van der Waals surface area contributed by atoms with Gasteiger partial charge < -0.3 is 9.64 Å². The van der Waals surface area contributed by atoms with E-state index in [1.165, 1.54) is 11.1 Å². The van der Waals surface area contributed by atoms with E-state index in [9.17, 15) is 0 Å². The van der Waals surface area contributed by atoms with Crippen LogP contribution in [0.3, 0.4) is 0 Å². The SMILES string of the molecule is COc1ccc(C)cc1N1Cc2ccccc2C1=N. The first-order valence-corrected chi connectivity index (χ1v) is 6.29. The lowest BCUT2D eigenvalue weighted by atomic mass is 10.1. The van der Waals surface area contributed by atoms with Crippen molar-refractivity contribution in [2.45, 2.75) is 13.5 Å². The van der Waals surface area contributed by atoms with Crippen LogP contribution in [0.1, 0.15) is 16.7 Å². The maximum atomic E-state index is 8.34. The van der Waals surface area contributed by atoms with E-state index in [2.05, 4.69) is 19.1 Å². The summed E-state index contributed by atoms with van der Waals surface area (Å²) in [5.74, 6) is 1.35. The summed E-state index contributed by atoms with van der Waals surface area (Å²) in [6, 6.07) is 14.1. The minimum atomic E-state index is 0.541. The van der Waals surface area contributed by atoms with Crippen molar-refractivity contribution in [3.8, 4) is 5.75 Å². The first-order valence-electron chi connectivity index (χ1n) is 6.29. The molecule has 0 atom stereocenters. The zero-order valence-corrected chi connectivity index (χ0v) is 11.1. The van der Waals surface area contributed by atoms with Gasteiger partial charge in [-0.25, -0.2) is 0 Å². The molecule has 0 aliphatic carbocycles. The van der Waals surface area contributed by atoms with E-state index >= 15 is 0 Å². The molecule has 2 aromatic rings. The van der Waals surface area contributed by atoms with Crippen LogP contribution in [0.2, 0.25) is 0 Å². The molecule has 0 amide bonds. The molecule has 1 aliphatic rings. The van der Waals surface area contributed by atoms with Gasteiger partial charge in [0.2, 0.25) is 0 Å². The van der Waals surface area contributed by atoms with Crippen molar-refractivity contribution >= 4 is 11.5 Å². The Balaban J connectivity index is 2.06. The van der Waals surface area contributed by atoms with Gasteiger partial charge in [0.15, 0.2) is 0 Å². The zero-order valence-electron chi connectivity index (χ0n) is 11.1. The summed E-state index contributed by atoms with van der Waals surface area (Å²) in [6.07, 6.45) is 0. The molecule has 0 aromatic heterocycles. The van der Waals surface area contributed by atoms with Crippen LogP contribution < -0.4 is 9.64 Å². The van der Waals surface area contributed by atoms with Crippen LogP contribution in [0.25, 0.3) is 0 Å². The third-order valence-corrected chi connectivity index (χ3v) is 3.50. The van der Waals surface area contributed by atoms with Crippen molar-refractivity contribution in [1.82, 2.24) is 0 Å². The van der Waals surface area contributed by atoms with Gasteiger partial charge in [-0.2, -0.15) is 0 Å². The van der Waals surface area contributed by atoms with E-state index < -0.39 is 0 Å². The lowest BCUT2D eigenvalue weighted by Crippen LogP contribution is -2.23. The highest BCUT2D eigenvalue weighted by atomic mass is 16.5. The van der Waals surface area contributed by atoms with Crippen LogP contribution in [0.5, 0.6) is 5.75 Å². The number of ether oxygens (including phenoxy) is 1. The van der Waals surface area contributed by atoms with Crippen molar-refractivity contribution in [2.24, 2.45) is 0 Å². The number of aryl methyl sites for hydroxylation is 1. The predicted molar refractivity (Wildman–Crippen MR) is 77.2 cm³/mol. The number of hydrogen-bond acceptors (Lipinski definition) is 2. The summed E-state index contributed by atoms with van der Waals surface area (Å²) in [6.45, 7) is 2.78. The number of nitrogens with one attached hydrogen (secondary N) is 1. The molecule has 1 N–H and O–H groups in total. The maximum absolute atomic E-state index is 8.34. The molecular weight excluding hydrogens is 236 g/mol. The van der Waals surface area contributed by atoms with Gasteiger partial charge in [-0.05, 0) is 30.2 Å². The fraction of sp³-hybridized carbons (Fsp3) is 0.188. The van der Waals surface area contributed by atoms with E-state index in [4.69, 9.17) is 10.1 Å². The van der Waals surface area contributed by atoms with Gasteiger partial charge in [-0.3, -0.25) is 5.41 Å². The Labute approximate surface area is 113 Å². The minimum absolute atomic E-state index is 0.541. The molecule has 3 rings (SSSR count). The summed E-state index contributed by atoms with van der Waals surface area (Å²) in [4.78, 5) is 2.00. The Morgan fingerprint density at radius 3 is 2.68 bits per heavy atom. The molecule has 3 heteroatoms. The van der Waals surface area contributed by atoms with Crippen molar-refractivity contribution in [3.05, 3.63) is 59.2 Å². The summed E-state index contributed by atoms with van der Waals surface area (Å²) in [7, 11) is 1.67. The first-order chi connectivity index (χ1) is 9.20. The van der Waals surface area contributed by atoms with Crippen LogP contribution in [0.4, 0.5) is 5.69 Å². The second-order valence-corrected chi connectivity index (χ2v) is 4.77. The monoisotopic (exact) mass is 252 g/mol. The van der Waals surface area contributed by atoms with Gasteiger partial charge in [0.1, 0.15) is 11.6 Å². The van der Waals surface area contributed by atoms with E-state index in [1.807, 2.05) is 35.2 Å². The highest BCUT2D eigenvalue weighted by Crippen LogP contribution is 2.35. The summed E-state index contributed by atoms with van der Waals surface area (Å²) >= 11 is 0. The number of methoxy groups -OCH3 is 1. The van der Waals surface area contributed by atoms with E-state index in [1.54, 1.807) is 7.11 Å². The average Bonchev–Trinajstić information content (AvgIpc) is 2.76. The van der Waals surface area contributed by atoms with Crippen molar-refractivity contribution in [1.29, 1.82) is 5.41 Å². The summed E-state index contributed by atoms with van der Waals surface area (Å²) in [5, 5.41) is 8.34. The van der Waals surface area contributed by atoms with E-state index in [0.717, 1.165) is 23.5 Å². The van der Waals surface area contributed by atoms with Crippen molar-refractivity contribution in [3.63, 3.8) is 0 Å². The molecule has 19 heavy (non-hydrogen) atoms. The van der Waals surface area contributed by atoms with E-state index in [0.29, 0.717) is 5.84 Å². The lowest BCUT2D eigenvalue weighted by Gasteiger charge is -2.21. The molecule has 96 valence electrons. The highest BCUT2D eigenvalue weighted by molar-refractivity contribution is 6.12. The highest BCUT2D eigenvalue weighted by Gasteiger charge is 2.26. The molecule has 0 bridgehead atoms. The second kappa shape index (κ2) is 4.43. The maximum Gasteiger partial charge on any atom is 0.142 e. The lowest BCUT2D eigenvalue weighted by molar-refractivity contribution is 0.415. The third-order valence-electron chi connectivity index (χ3n) is 3.50. The van der Waals surface area contributed by atoms with Gasteiger partial charge in [-0.1, -0.05) is 30.3 Å². The number of anilines is 1. The summed E-state index contributed by atoms with van der Waals surface area (Å²) < 4.78 is 5.42. The molecule has 0 spiro atoms. The fourth-order valence-electron chi connectivity index (χ4n) is 2.50. The Morgan fingerprint density at radius 2 is 1.95 bits per heavy atom. The number of fused-ring (bicyclic) bond motifs is 1. The van der Waals surface area contributed by atoms with Gasteiger partial charge in [-0.15, -0.1) is 0 Å². The van der Waals surface area contributed by atoms with Gasteiger partial charge in [0.25, 0.3) is 0 Å². The van der Waals surface area contributed by atoms with Crippen LogP contribution in [-0.2, 0) is 6.54 Å². The zero-order chi connectivity index (χ0) is 13.4. The standard InChI is InChI=1S/C16H16N2O/c1-11-7-8-15(19-2)14(9-11)18-10-12-5-3-4-6-13(12)16(18)17/h3-9,17H,10H2,1-2H3. The van der Waals surface area contributed by atoms with Crippen LogP contribution >= 0.6 is 0 Å². The molecule has 0 radical (unpaired) electrons. The third kappa shape index (κ3) is 1.87. The topological polar surface area (TPSA) is 36.3 Å². The molecule has 0 saturated carbocycles. The van der Waals surface area contributed by atoms with Gasteiger partial charge in [0.05, 0.1) is 19.3 Å². The smallest absolute Gasteiger partial charge is 0.142 e.